The van der Waals surface area contributed by atoms with Gasteiger partial charge in [0.05, 0.1) is 19.4 Å². The van der Waals surface area contributed by atoms with Gasteiger partial charge < -0.3 is 14.8 Å². The van der Waals surface area contributed by atoms with Gasteiger partial charge in [0.1, 0.15) is 0 Å². The first-order valence-electron chi connectivity index (χ1n) is 11.7. The molecule has 180 valence electrons. The molecule has 4 rings (SSSR count). The van der Waals surface area contributed by atoms with Crippen molar-refractivity contribution in [2.24, 2.45) is 11.0 Å². The van der Waals surface area contributed by atoms with E-state index in [-0.39, 0.29) is 17.7 Å². The molecule has 0 saturated heterocycles. The second kappa shape index (κ2) is 11.3. The third-order valence-corrected chi connectivity index (χ3v) is 5.83. The topological polar surface area (TPSA) is 89.0 Å². The van der Waals surface area contributed by atoms with Crippen LogP contribution >= 0.6 is 0 Å². The highest BCUT2D eigenvalue weighted by atomic mass is 16.5. The third-order valence-electron chi connectivity index (χ3n) is 5.83. The van der Waals surface area contributed by atoms with Crippen LogP contribution in [0.2, 0.25) is 0 Å². The number of benzene rings is 3. The number of methoxy groups -OCH3 is 1. The molecule has 0 aliphatic carbocycles. The van der Waals surface area contributed by atoms with Crippen molar-refractivity contribution in [3.05, 3.63) is 89.5 Å². The lowest BCUT2D eigenvalue weighted by Gasteiger charge is -2.19. The summed E-state index contributed by atoms with van der Waals surface area (Å²) in [5, 5.41) is 7.09. The Labute approximate surface area is 205 Å². The minimum Gasteiger partial charge on any atom is -0.493 e. The van der Waals surface area contributed by atoms with E-state index in [0.717, 1.165) is 24.1 Å². The molecule has 2 amide bonds. The molecule has 7 nitrogen and oxygen atoms in total. The van der Waals surface area contributed by atoms with E-state index in [1.54, 1.807) is 25.3 Å². The maximum Gasteiger partial charge on any atom is 0.255 e. The number of aryl methyl sites for hydroxylation is 1. The number of rotatable bonds is 9. The van der Waals surface area contributed by atoms with Gasteiger partial charge in [-0.25, -0.2) is 5.43 Å². The molecule has 3 aromatic rings. The number of amides is 2. The molecule has 7 heteroatoms. The van der Waals surface area contributed by atoms with Crippen LogP contribution in [0, 0.1) is 5.92 Å². The standard InChI is InChI=1S/C28H29N3O4/c1-19-17-26(32)30-31-27(19)21-10-13-23(14-11-21)29-28(33)22-12-15-24(34-2)25(18-22)35-16-6-9-20-7-4-3-5-8-20/h3-5,7-8,10-15,18-19H,6,9,16-17H2,1-2H3,(H,29,33)(H,30,32). The maximum absolute atomic E-state index is 12.9. The normalized spacial score (nSPS) is 15.1. The molecule has 0 saturated carbocycles. The predicted molar refractivity (Wildman–Crippen MR) is 136 cm³/mol. The van der Waals surface area contributed by atoms with Crippen molar-refractivity contribution in [2.45, 2.75) is 26.2 Å². The van der Waals surface area contributed by atoms with Crippen molar-refractivity contribution in [3.63, 3.8) is 0 Å². The fourth-order valence-corrected chi connectivity index (χ4v) is 3.96. The zero-order chi connectivity index (χ0) is 24.6. The monoisotopic (exact) mass is 471 g/mol. The largest absolute Gasteiger partial charge is 0.493 e. The number of hydrazone groups is 1. The summed E-state index contributed by atoms with van der Waals surface area (Å²) < 4.78 is 11.3. The molecule has 1 aliphatic rings. The molecule has 3 aromatic carbocycles. The molecule has 2 N–H and O–H groups in total. The van der Waals surface area contributed by atoms with E-state index < -0.39 is 0 Å². The van der Waals surface area contributed by atoms with E-state index in [2.05, 4.69) is 28.0 Å². The molecule has 1 atom stereocenters. The SMILES string of the molecule is COc1ccc(C(=O)Nc2ccc(C3=NNC(=O)CC3C)cc2)cc1OCCCc1ccccc1. The smallest absolute Gasteiger partial charge is 0.255 e. The van der Waals surface area contributed by atoms with Gasteiger partial charge >= 0.3 is 0 Å². The van der Waals surface area contributed by atoms with Gasteiger partial charge in [-0.2, -0.15) is 5.10 Å². The lowest BCUT2D eigenvalue weighted by atomic mass is 9.94. The molecule has 0 bridgehead atoms. The van der Waals surface area contributed by atoms with Gasteiger partial charge in [0.25, 0.3) is 5.91 Å². The number of hydrogen-bond donors (Lipinski definition) is 2. The number of carbonyl (C=O) groups excluding carboxylic acids is 2. The number of ether oxygens (including phenoxy) is 2. The van der Waals surface area contributed by atoms with E-state index in [4.69, 9.17) is 9.47 Å². The van der Waals surface area contributed by atoms with Gasteiger partial charge in [-0.3, -0.25) is 9.59 Å². The molecule has 0 radical (unpaired) electrons. The number of anilines is 1. The summed E-state index contributed by atoms with van der Waals surface area (Å²) in [6, 6.07) is 22.8. The molecule has 1 unspecified atom stereocenters. The van der Waals surface area contributed by atoms with Crippen LogP contribution in [-0.2, 0) is 11.2 Å². The van der Waals surface area contributed by atoms with Gasteiger partial charge in [0, 0.05) is 23.6 Å². The van der Waals surface area contributed by atoms with Crippen molar-refractivity contribution in [2.75, 3.05) is 19.0 Å². The Morgan fingerprint density at radius 1 is 1.06 bits per heavy atom. The van der Waals surface area contributed by atoms with Crippen LogP contribution in [0.15, 0.2) is 77.9 Å². The number of hydrogen-bond acceptors (Lipinski definition) is 5. The van der Waals surface area contributed by atoms with Crippen molar-refractivity contribution in [3.8, 4) is 11.5 Å². The van der Waals surface area contributed by atoms with Crippen molar-refractivity contribution >= 4 is 23.2 Å². The highest BCUT2D eigenvalue weighted by molar-refractivity contribution is 6.07. The maximum atomic E-state index is 12.9. The van der Waals surface area contributed by atoms with Gasteiger partial charge in [0.2, 0.25) is 5.91 Å². The van der Waals surface area contributed by atoms with Crippen LogP contribution in [0.5, 0.6) is 11.5 Å². The minimum atomic E-state index is -0.245. The van der Waals surface area contributed by atoms with Crippen molar-refractivity contribution in [1.29, 1.82) is 0 Å². The molecule has 0 spiro atoms. The average molecular weight is 472 g/mol. The Balaban J connectivity index is 1.37. The molecular formula is C28H29N3O4. The fraction of sp³-hybridized carbons (Fsp3) is 0.250. The van der Waals surface area contributed by atoms with Crippen LogP contribution in [0.4, 0.5) is 5.69 Å². The summed E-state index contributed by atoms with van der Waals surface area (Å²) in [6.07, 6.45) is 2.17. The minimum absolute atomic E-state index is 0.0367. The summed E-state index contributed by atoms with van der Waals surface area (Å²) in [6.45, 7) is 2.48. The predicted octanol–water partition coefficient (Wildman–Crippen LogP) is 4.82. The zero-order valence-electron chi connectivity index (χ0n) is 19.9. The first kappa shape index (κ1) is 24.0. The fourth-order valence-electron chi connectivity index (χ4n) is 3.96. The lowest BCUT2D eigenvalue weighted by molar-refractivity contribution is -0.121. The van der Waals surface area contributed by atoms with E-state index in [9.17, 15) is 9.59 Å². The zero-order valence-corrected chi connectivity index (χ0v) is 19.9. The first-order valence-corrected chi connectivity index (χ1v) is 11.7. The Kier molecular flexibility index (Phi) is 7.77. The number of nitrogens with one attached hydrogen (secondary N) is 2. The molecule has 35 heavy (non-hydrogen) atoms. The Bertz CT molecular complexity index is 1210. The summed E-state index contributed by atoms with van der Waals surface area (Å²) >= 11 is 0. The molecule has 1 aliphatic heterocycles. The molecule has 1 heterocycles. The Morgan fingerprint density at radius 2 is 1.83 bits per heavy atom. The van der Waals surface area contributed by atoms with Crippen LogP contribution in [-0.4, -0.2) is 31.2 Å². The number of carbonyl (C=O) groups is 2. The van der Waals surface area contributed by atoms with Crippen LogP contribution < -0.4 is 20.2 Å². The van der Waals surface area contributed by atoms with E-state index in [0.29, 0.717) is 35.8 Å². The Morgan fingerprint density at radius 3 is 2.54 bits per heavy atom. The van der Waals surface area contributed by atoms with Crippen LogP contribution in [0.1, 0.15) is 41.3 Å². The highest BCUT2D eigenvalue weighted by Gasteiger charge is 2.21. The first-order chi connectivity index (χ1) is 17.0. The number of nitrogens with zero attached hydrogens (tertiary/aromatic N) is 1. The quantitative estimate of drug-likeness (QED) is 0.438. The molecular weight excluding hydrogens is 442 g/mol. The third kappa shape index (κ3) is 6.26. The summed E-state index contributed by atoms with van der Waals surface area (Å²) in [4.78, 5) is 24.4. The average Bonchev–Trinajstić information content (AvgIpc) is 2.88. The van der Waals surface area contributed by atoms with E-state index in [1.165, 1.54) is 5.56 Å². The molecule has 0 fully saturated rings. The van der Waals surface area contributed by atoms with Gasteiger partial charge in [-0.1, -0.05) is 49.4 Å². The summed E-state index contributed by atoms with van der Waals surface area (Å²) in [5.41, 5.74) is 6.66. The van der Waals surface area contributed by atoms with Crippen LogP contribution in [0.3, 0.4) is 0 Å². The van der Waals surface area contributed by atoms with Crippen molar-refractivity contribution in [1.82, 2.24) is 5.43 Å². The second-order valence-corrected chi connectivity index (χ2v) is 8.47. The van der Waals surface area contributed by atoms with Gasteiger partial charge in [-0.15, -0.1) is 0 Å². The summed E-state index contributed by atoms with van der Waals surface area (Å²) in [5.74, 6) is 0.832. The summed E-state index contributed by atoms with van der Waals surface area (Å²) in [7, 11) is 1.58. The van der Waals surface area contributed by atoms with Crippen molar-refractivity contribution < 1.29 is 19.1 Å². The lowest BCUT2D eigenvalue weighted by Crippen LogP contribution is -2.31. The van der Waals surface area contributed by atoms with E-state index in [1.807, 2.05) is 49.4 Å². The van der Waals surface area contributed by atoms with Gasteiger partial charge in [0.15, 0.2) is 11.5 Å². The van der Waals surface area contributed by atoms with Crippen LogP contribution in [0.25, 0.3) is 0 Å². The molecule has 0 aromatic heterocycles. The van der Waals surface area contributed by atoms with E-state index >= 15 is 0 Å². The second-order valence-electron chi connectivity index (χ2n) is 8.47. The highest BCUT2D eigenvalue weighted by Crippen LogP contribution is 2.29. The van der Waals surface area contributed by atoms with Gasteiger partial charge in [-0.05, 0) is 54.3 Å². The Hall–Kier alpha value is -4.13.